The van der Waals surface area contributed by atoms with Gasteiger partial charge in [-0.3, -0.25) is 4.79 Å². The van der Waals surface area contributed by atoms with E-state index in [9.17, 15) is 9.59 Å². The molecule has 0 spiro atoms. The van der Waals surface area contributed by atoms with Crippen LogP contribution in [0.4, 0.5) is 4.79 Å². The Morgan fingerprint density at radius 2 is 1.88 bits per heavy atom. The maximum Gasteiger partial charge on any atom is 0.408 e. The number of rotatable bonds is 5. The average molecular weight is 370 g/mol. The Balaban J connectivity index is 1.50. The summed E-state index contributed by atoms with van der Waals surface area (Å²) < 4.78 is 5.16. The van der Waals surface area contributed by atoms with E-state index in [1.165, 1.54) is 4.90 Å². The van der Waals surface area contributed by atoms with Crippen LogP contribution >= 0.6 is 11.8 Å². The predicted molar refractivity (Wildman–Crippen MR) is 102 cm³/mol. The van der Waals surface area contributed by atoms with Gasteiger partial charge in [0.25, 0.3) is 0 Å². The fourth-order valence-electron chi connectivity index (χ4n) is 2.80. The van der Waals surface area contributed by atoms with Crippen molar-refractivity contribution >= 4 is 23.8 Å². The first kappa shape index (κ1) is 18.3. The third-order valence-corrected chi connectivity index (χ3v) is 5.34. The Morgan fingerprint density at radius 1 is 1.15 bits per heavy atom. The van der Waals surface area contributed by atoms with Crippen molar-refractivity contribution in [2.45, 2.75) is 36.9 Å². The van der Waals surface area contributed by atoms with E-state index < -0.39 is 12.1 Å². The van der Waals surface area contributed by atoms with Crippen molar-refractivity contribution in [3.05, 3.63) is 65.7 Å². The van der Waals surface area contributed by atoms with Gasteiger partial charge in [-0.05, 0) is 30.5 Å². The van der Waals surface area contributed by atoms with Crippen molar-refractivity contribution in [3.63, 3.8) is 0 Å². The molecule has 2 aromatic rings. The molecule has 0 saturated carbocycles. The third-order valence-electron chi connectivity index (χ3n) is 4.22. The molecule has 2 aromatic carbocycles. The van der Waals surface area contributed by atoms with Crippen molar-refractivity contribution in [1.29, 1.82) is 0 Å². The van der Waals surface area contributed by atoms with Gasteiger partial charge in [-0.2, -0.15) is 0 Å². The molecule has 0 bridgehead atoms. The third kappa shape index (κ3) is 4.79. The molecule has 3 rings (SSSR count). The summed E-state index contributed by atoms with van der Waals surface area (Å²) in [4.78, 5) is 25.5. The smallest absolute Gasteiger partial charge is 0.408 e. The Bertz CT molecular complexity index is 767. The lowest BCUT2D eigenvalue weighted by atomic mass is 10.0. The molecule has 2 amide bonds. The summed E-state index contributed by atoms with van der Waals surface area (Å²) >= 11 is 1.80. The van der Waals surface area contributed by atoms with Crippen LogP contribution in [0.25, 0.3) is 0 Å². The topological polar surface area (TPSA) is 67.4 Å². The van der Waals surface area contributed by atoms with Gasteiger partial charge in [-0.25, -0.2) is 4.79 Å². The first-order valence-electron chi connectivity index (χ1n) is 8.63. The second-order valence-corrected chi connectivity index (χ2v) is 7.30. The minimum atomic E-state index is -0.667. The fourth-order valence-corrected chi connectivity index (χ4v) is 3.92. The minimum absolute atomic E-state index is 0.0236. The van der Waals surface area contributed by atoms with Gasteiger partial charge in [0, 0.05) is 10.6 Å². The van der Waals surface area contributed by atoms with Gasteiger partial charge in [-0.1, -0.05) is 48.5 Å². The molecule has 6 heteroatoms. The van der Waals surface area contributed by atoms with Crippen LogP contribution < -0.4 is 10.6 Å². The number of hydrogen-bond donors (Lipinski definition) is 2. The van der Waals surface area contributed by atoms with Crippen LogP contribution in [0.1, 0.15) is 30.5 Å². The van der Waals surface area contributed by atoms with Gasteiger partial charge in [0.2, 0.25) is 5.91 Å². The molecule has 0 fully saturated rings. The second-order valence-electron chi connectivity index (χ2n) is 6.16. The predicted octanol–water partition coefficient (Wildman–Crippen LogP) is 3.65. The zero-order valence-electron chi connectivity index (χ0n) is 14.6. The summed E-state index contributed by atoms with van der Waals surface area (Å²) in [7, 11) is 0. The monoisotopic (exact) mass is 370 g/mol. The quantitative estimate of drug-likeness (QED) is 0.843. The van der Waals surface area contributed by atoms with Crippen LogP contribution in [-0.2, 0) is 16.1 Å². The van der Waals surface area contributed by atoms with E-state index in [-0.39, 0.29) is 18.6 Å². The summed E-state index contributed by atoms with van der Waals surface area (Å²) in [5.41, 5.74) is 2.03. The highest BCUT2D eigenvalue weighted by Gasteiger charge is 2.24. The van der Waals surface area contributed by atoms with Crippen molar-refractivity contribution < 1.29 is 14.3 Å². The van der Waals surface area contributed by atoms with Crippen LogP contribution in [0.3, 0.4) is 0 Å². The molecule has 2 N–H and O–H groups in total. The summed E-state index contributed by atoms with van der Waals surface area (Å²) in [5.74, 6) is 0.747. The van der Waals surface area contributed by atoms with Gasteiger partial charge in [0.05, 0.1) is 6.04 Å². The van der Waals surface area contributed by atoms with Gasteiger partial charge in [-0.15, -0.1) is 11.8 Å². The van der Waals surface area contributed by atoms with Crippen LogP contribution in [0.2, 0.25) is 0 Å². The molecular weight excluding hydrogens is 348 g/mol. The number of ether oxygens (including phenoxy) is 1. The molecule has 26 heavy (non-hydrogen) atoms. The number of alkyl carbamates (subject to hydrolysis) is 1. The molecular formula is C20H22N2O3S. The molecule has 0 radical (unpaired) electrons. The molecule has 0 saturated heterocycles. The van der Waals surface area contributed by atoms with Crippen LogP contribution in [0.15, 0.2) is 59.5 Å². The van der Waals surface area contributed by atoms with Gasteiger partial charge < -0.3 is 15.4 Å². The second kappa shape index (κ2) is 8.76. The minimum Gasteiger partial charge on any atom is -0.445 e. The van der Waals surface area contributed by atoms with E-state index >= 15 is 0 Å². The molecule has 5 nitrogen and oxygen atoms in total. The first-order valence-corrected chi connectivity index (χ1v) is 9.61. The molecule has 0 aliphatic carbocycles. The zero-order chi connectivity index (χ0) is 18.4. The molecule has 136 valence electrons. The van der Waals surface area contributed by atoms with Gasteiger partial charge in [0.1, 0.15) is 12.6 Å². The molecule has 1 heterocycles. The van der Waals surface area contributed by atoms with E-state index in [1.54, 1.807) is 18.7 Å². The molecule has 0 aromatic heterocycles. The lowest BCUT2D eigenvalue weighted by molar-refractivity contribution is -0.123. The summed E-state index contributed by atoms with van der Waals surface area (Å²) in [6.45, 7) is 1.83. The van der Waals surface area contributed by atoms with E-state index in [1.807, 2.05) is 48.5 Å². The van der Waals surface area contributed by atoms with Crippen molar-refractivity contribution in [3.8, 4) is 0 Å². The summed E-state index contributed by atoms with van der Waals surface area (Å²) in [5, 5.41) is 5.62. The van der Waals surface area contributed by atoms with Crippen LogP contribution in [-0.4, -0.2) is 23.8 Å². The van der Waals surface area contributed by atoms with Crippen molar-refractivity contribution in [2.75, 3.05) is 5.75 Å². The number of carbonyl (C=O) groups excluding carboxylic acids is 2. The number of thioether (sulfide) groups is 1. The highest BCUT2D eigenvalue weighted by Crippen LogP contribution is 2.35. The van der Waals surface area contributed by atoms with E-state index in [4.69, 9.17) is 4.74 Å². The molecule has 1 aliphatic rings. The van der Waals surface area contributed by atoms with E-state index in [2.05, 4.69) is 16.7 Å². The van der Waals surface area contributed by atoms with E-state index in [0.717, 1.165) is 23.3 Å². The van der Waals surface area contributed by atoms with Crippen LogP contribution in [0, 0.1) is 0 Å². The maximum atomic E-state index is 12.4. The Morgan fingerprint density at radius 3 is 2.69 bits per heavy atom. The zero-order valence-corrected chi connectivity index (χ0v) is 15.4. The first-order chi connectivity index (χ1) is 12.6. The van der Waals surface area contributed by atoms with Crippen LogP contribution in [0.5, 0.6) is 0 Å². The number of amides is 2. The number of nitrogens with one attached hydrogen (secondary N) is 2. The maximum absolute atomic E-state index is 12.4. The summed E-state index contributed by atoms with van der Waals surface area (Å²) in [6, 6.07) is 16.8. The molecule has 2 atom stereocenters. The fraction of sp³-hybridized carbons (Fsp3) is 0.300. The number of fused-ring (bicyclic) bond motifs is 1. The van der Waals surface area contributed by atoms with E-state index in [0.29, 0.717) is 0 Å². The largest absolute Gasteiger partial charge is 0.445 e. The average Bonchev–Trinajstić information content (AvgIpc) is 2.67. The van der Waals surface area contributed by atoms with Gasteiger partial charge in [0.15, 0.2) is 0 Å². The number of carbonyl (C=O) groups is 2. The lowest BCUT2D eigenvalue weighted by Crippen LogP contribution is -2.46. The Hall–Kier alpha value is -2.47. The van der Waals surface area contributed by atoms with Crippen molar-refractivity contribution in [1.82, 2.24) is 10.6 Å². The highest BCUT2D eigenvalue weighted by molar-refractivity contribution is 7.99. The highest BCUT2D eigenvalue weighted by atomic mass is 32.2. The molecule has 1 aliphatic heterocycles. The Labute approximate surface area is 157 Å². The van der Waals surface area contributed by atoms with Gasteiger partial charge >= 0.3 is 6.09 Å². The number of benzene rings is 2. The molecule has 1 unspecified atom stereocenters. The van der Waals surface area contributed by atoms with Crippen molar-refractivity contribution in [2.24, 2.45) is 0 Å². The number of hydrogen-bond acceptors (Lipinski definition) is 4. The SMILES string of the molecule is C[C@H](NC(=O)OCc1ccccc1)C(=O)NC1CCSc2ccccc21. The lowest BCUT2D eigenvalue weighted by Gasteiger charge is -2.27. The normalized spacial score (nSPS) is 16.9. The summed E-state index contributed by atoms with van der Waals surface area (Å²) in [6.07, 6.45) is 0.273. The standard InChI is InChI=1S/C20H22N2O3S/c1-14(21-20(24)25-13-15-7-3-2-4-8-15)19(23)22-17-11-12-26-18-10-6-5-9-16(17)18/h2-10,14,17H,11-13H2,1H3,(H,21,24)(H,22,23)/t14-,17?/m0/s1. The Kier molecular flexibility index (Phi) is 6.17.